The predicted octanol–water partition coefficient (Wildman–Crippen LogP) is 4.54. The first-order valence-electron chi connectivity index (χ1n) is 7.42. The van der Waals surface area contributed by atoms with Crippen LogP contribution >= 0.6 is 23.2 Å². The van der Waals surface area contributed by atoms with Crippen LogP contribution in [-0.2, 0) is 6.54 Å². The minimum absolute atomic E-state index is 0.337. The Kier molecular flexibility index (Phi) is 5.53. The molecule has 8 heteroatoms. The molecule has 0 saturated carbocycles. The van der Waals surface area contributed by atoms with Gasteiger partial charge in [-0.25, -0.2) is 0 Å². The van der Waals surface area contributed by atoms with Crippen molar-refractivity contribution < 1.29 is 4.74 Å². The summed E-state index contributed by atoms with van der Waals surface area (Å²) in [4.78, 5) is 4.37. The van der Waals surface area contributed by atoms with E-state index >= 15 is 0 Å². The number of rotatable bonds is 6. The summed E-state index contributed by atoms with van der Waals surface area (Å²) in [5, 5.41) is 15.2. The minimum atomic E-state index is 0.337. The zero-order valence-corrected chi connectivity index (χ0v) is 14.8. The van der Waals surface area contributed by atoms with Crippen molar-refractivity contribution in [2.24, 2.45) is 0 Å². The van der Waals surface area contributed by atoms with E-state index in [9.17, 15) is 0 Å². The minimum Gasteiger partial charge on any atom is -0.497 e. The van der Waals surface area contributed by atoms with Gasteiger partial charge in [0.15, 0.2) is 5.82 Å². The van der Waals surface area contributed by atoms with E-state index in [1.165, 1.54) is 0 Å². The van der Waals surface area contributed by atoms with Gasteiger partial charge in [-0.2, -0.15) is 10.1 Å². The van der Waals surface area contributed by atoms with Gasteiger partial charge >= 0.3 is 0 Å². The van der Waals surface area contributed by atoms with Crippen LogP contribution in [0.15, 0.2) is 48.7 Å². The lowest BCUT2D eigenvalue weighted by Crippen LogP contribution is -2.05. The molecule has 0 aliphatic rings. The molecule has 0 aliphatic carbocycles. The SMILES string of the molecule is COc1ccc(CNc2cnnc(Nc3ccc(Cl)cc3Cl)n2)cc1. The highest BCUT2D eigenvalue weighted by molar-refractivity contribution is 6.36. The van der Waals surface area contributed by atoms with Crippen molar-refractivity contribution in [3.05, 3.63) is 64.3 Å². The maximum Gasteiger partial charge on any atom is 0.249 e. The Labute approximate surface area is 155 Å². The average Bonchev–Trinajstić information content (AvgIpc) is 2.63. The summed E-state index contributed by atoms with van der Waals surface area (Å²) < 4.78 is 5.14. The van der Waals surface area contributed by atoms with Gasteiger partial charge < -0.3 is 15.4 Å². The van der Waals surface area contributed by atoms with E-state index in [-0.39, 0.29) is 0 Å². The summed E-state index contributed by atoms with van der Waals surface area (Å²) in [5.41, 5.74) is 1.75. The number of nitrogens with zero attached hydrogens (tertiary/aromatic N) is 3. The van der Waals surface area contributed by atoms with Gasteiger partial charge in [-0.3, -0.25) is 0 Å². The summed E-state index contributed by atoms with van der Waals surface area (Å²) in [5.74, 6) is 1.75. The Morgan fingerprint density at radius 2 is 1.88 bits per heavy atom. The second-order valence-electron chi connectivity index (χ2n) is 5.12. The van der Waals surface area contributed by atoms with E-state index in [2.05, 4.69) is 25.8 Å². The van der Waals surface area contributed by atoms with Crippen LogP contribution in [0.3, 0.4) is 0 Å². The fraction of sp³-hybridized carbons (Fsp3) is 0.118. The second-order valence-corrected chi connectivity index (χ2v) is 5.96. The highest BCUT2D eigenvalue weighted by Crippen LogP contribution is 2.27. The van der Waals surface area contributed by atoms with Crippen molar-refractivity contribution in [3.63, 3.8) is 0 Å². The standard InChI is InChI=1S/C17H15Cl2N5O/c1-25-13-5-2-11(3-6-13)9-20-16-10-21-24-17(23-16)22-15-7-4-12(18)8-14(15)19/h2-8,10H,9H2,1H3,(H2,20,22,23,24). The highest BCUT2D eigenvalue weighted by Gasteiger charge is 2.05. The van der Waals surface area contributed by atoms with E-state index in [1.54, 1.807) is 31.5 Å². The Balaban J connectivity index is 1.66. The van der Waals surface area contributed by atoms with Gasteiger partial charge in [-0.1, -0.05) is 35.3 Å². The van der Waals surface area contributed by atoms with Crippen LogP contribution in [-0.4, -0.2) is 22.3 Å². The quantitative estimate of drug-likeness (QED) is 0.658. The third-order valence-electron chi connectivity index (χ3n) is 3.37. The first kappa shape index (κ1) is 17.3. The summed E-state index contributed by atoms with van der Waals surface area (Å²) in [7, 11) is 1.64. The molecule has 2 N–H and O–H groups in total. The Hall–Kier alpha value is -2.57. The van der Waals surface area contributed by atoms with Gasteiger partial charge in [0.25, 0.3) is 0 Å². The third-order valence-corrected chi connectivity index (χ3v) is 3.92. The van der Waals surface area contributed by atoms with Crippen molar-refractivity contribution in [2.75, 3.05) is 17.7 Å². The second kappa shape index (κ2) is 8.00. The Morgan fingerprint density at radius 3 is 2.60 bits per heavy atom. The topological polar surface area (TPSA) is 72.0 Å². The number of nitrogens with one attached hydrogen (secondary N) is 2. The normalized spacial score (nSPS) is 10.4. The van der Waals surface area contributed by atoms with E-state index < -0.39 is 0 Å². The van der Waals surface area contributed by atoms with Crippen molar-refractivity contribution >= 4 is 40.7 Å². The van der Waals surface area contributed by atoms with Gasteiger partial charge in [0.1, 0.15) is 5.75 Å². The lowest BCUT2D eigenvalue weighted by Gasteiger charge is -2.09. The first-order chi connectivity index (χ1) is 12.1. The maximum atomic E-state index is 6.14. The molecule has 1 heterocycles. The molecule has 1 aromatic heterocycles. The van der Waals surface area contributed by atoms with Crippen LogP contribution in [0.2, 0.25) is 10.0 Å². The number of methoxy groups -OCH3 is 1. The molecule has 25 heavy (non-hydrogen) atoms. The van der Waals surface area contributed by atoms with Gasteiger partial charge in [-0.05, 0) is 35.9 Å². The molecule has 3 rings (SSSR count). The number of aromatic nitrogens is 3. The van der Waals surface area contributed by atoms with E-state index in [4.69, 9.17) is 27.9 Å². The Bertz CT molecular complexity index is 858. The van der Waals surface area contributed by atoms with Crippen molar-refractivity contribution in [2.45, 2.75) is 6.54 Å². The van der Waals surface area contributed by atoms with Crippen LogP contribution < -0.4 is 15.4 Å². The number of benzene rings is 2. The van der Waals surface area contributed by atoms with E-state index in [0.29, 0.717) is 34.0 Å². The lowest BCUT2D eigenvalue weighted by molar-refractivity contribution is 0.414. The molecule has 0 spiro atoms. The van der Waals surface area contributed by atoms with Crippen LogP contribution in [0.1, 0.15) is 5.56 Å². The zero-order chi connectivity index (χ0) is 17.6. The predicted molar refractivity (Wildman–Crippen MR) is 99.9 cm³/mol. The lowest BCUT2D eigenvalue weighted by atomic mass is 10.2. The number of halogens is 2. The molecule has 0 fully saturated rings. The molecule has 6 nitrogen and oxygen atoms in total. The molecule has 128 valence electrons. The van der Waals surface area contributed by atoms with Crippen LogP contribution in [0.4, 0.5) is 17.5 Å². The number of hydrogen-bond donors (Lipinski definition) is 2. The monoisotopic (exact) mass is 375 g/mol. The molecule has 0 saturated heterocycles. The molecule has 0 bridgehead atoms. The molecule has 0 atom stereocenters. The zero-order valence-electron chi connectivity index (χ0n) is 13.3. The molecule has 3 aromatic rings. The smallest absolute Gasteiger partial charge is 0.249 e. The fourth-order valence-electron chi connectivity index (χ4n) is 2.09. The summed E-state index contributed by atoms with van der Waals surface area (Å²) >= 11 is 12.0. The van der Waals surface area contributed by atoms with Gasteiger partial charge in [-0.15, -0.1) is 5.10 Å². The first-order valence-corrected chi connectivity index (χ1v) is 8.18. The molecule has 0 unspecified atom stereocenters. The van der Waals surface area contributed by atoms with Crippen LogP contribution in [0.25, 0.3) is 0 Å². The highest BCUT2D eigenvalue weighted by atomic mass is 35.5. The largest absolute Gasteiger partial charge is 0.497 e. The molecular formula is C17H15Cl2N5O. The van der Waals surface area contributed by atoms with Crippen molar-refractivity contribution in [1.82, 2.24) is 15.2 Å². The molecule has 0 radical (unpaired) electrons. The number of anilines is 3. The number of hydrogen-bond acceptors (Lipinski definition) is 6. The fourth-order valence-corrected chi connectivity index (χ4v) is 2.54. The van der Waals surface area contributed by atoms with Crippen LogP contribution in [0.5, 0.6) is 5.75 Å². The third kappa shape index (κ3) is 4.71. The van der Waals surface area contributed by atoms with Gasteiger partial charge in [0.2, 0.25) is 5.95 Å². The van der Waals surface area contributed by atoms with Crippen molar-refractivity contribution in [1.29, 1.82) is 0 Å². The molecule has 0 aliphatic heterocycles. The molecule has 0 amide bonds. The van der Waals surface area contributed by atoms with E-state index in [1.807, 2.05) is 24.3 Å². The Morgan fingerprint density at radius 1 is 1.08 bits per heavy atom. The molecular weight excluding hydrogens is 361 g/mol. The van der Waals surface area contributed by atoms with E-state index in [0.717, 1.165) is 11.3 Å². The van der Waals surface area contributed by atoms with Crippen molar-refractivity contribution in [3.8, 4) is 5.75 Å². The van der Waals surface area contributed by atoms with Gasteiger partial charge in [0.05, 0.1) is 24.0 Å². The maximum absolute atomic E-state index is 6.14. The van der Waals surface area contributed by atoms with Gasteiger partial charge in [0, 0.05) is 11.6 Å². The summed E-state index contributed by atoms with van der Waals surface area (Å²) in [6, 6.07) is 12.9. The molecule has 2 aromatic carbocycles. The number of ether oxygens (including phenoxy) is 1. The average molecular weight is 376 g/mol. The summed E-state index contributed by atoms with van der Waals surface area (Å²) in [6.45, 7) is 0.601. The summed E-state index contributed by atoms with van der Waals surface area (Å²) in [6.07, 6.45) is 1.55. The van der Waals surface area contributed by atoms with Crippen LogP contribution in [0, 0.1) is 0 Å².